The third kappa shape index (κ3) is 2.09. The van der Waals surface area contributed by atoms with Gasteiger partial charge in [0, 0.05) is 18.8 Å². The summed E-state index contributed by atoms with van der Waals surface area (Å²) in [5.41, 5.74) is 2.40. The average molecular weight is 245 g/mol. The van der Waals surface area contributed by atoms with E-state index in [2.05, 4.69) is 10.3 Å². The number of carbonyl (C=O) groups is 1. The number of hydrogen-bond acceptors (Lipinski definition) is 4. The van der Waals surface area contributed by atoms with Crippen molar-refractivity contribution < 1.29 is 9.53 Å². The maximum atomic E-state index is 11.4. The minimum Gasteiger partial charge on any atom is -0.465 e. The Morgan fingerprint density at radius 2 is 2.44 bits per heavy atom. The Bertz CT molecular complexity index is 587. The molecule has 0 spiro atoms. The van der Waals surface area contributed by atoms with Crippen LogP contribution in [0.3, 0.4) is 0 Å². The molecule has 5 heteroatoms. The summed E-state index contributed by atoms with van der Waals surface area (Å²) >= 11 is 0. The Morgan fingerprint density at radius 1 is 1.61 bits per heavy atom. The van der Waals surface area contributed by atoms with Crippen LogP contribution in [0.5, 0.6) is 0 Å². The fourth-order valence-electron chi connectivity index (χ4n) is 1.95. The number of nitrogens with one attached hydrogen (secondary N) is 1. The van der Waals surface area contributed by atoms with Crippen LogP contribution in [0.15, 0.2) is 24.5 Å². The zero-order chi connectivity index (χ0) is 12.5. The summed E-state index contributed by atoms with van der Waals surface area (Å²) in [5.74, 6) is -0.335. The van der Waals surface area contributed by atoms with Crippen molar-refractivity contribution in [3.05, 3.63) is 35.8 Å². The first kappa shape index (κ1) is 11.2. The van der Waals surface area contributed by atoms with E-state index in [1.165, 1.54) is 20.0 Å². The molecule has 0 bridgehead atoms. The number of nitrogens with zero attached hydrogens (tertiary/aromatic N) is 2. The highest BCUT2D eigenvalue weighted by Gasteiger charge is 2.20. The van der Waals surface area contributed by atoms with Crippen LogP contribution >= 0.6 is 0 Å². The lowest BCUT2D eigenvalue weighted by atomic mass is 10.2. The minimum atomic E-state index is -0.335. The maximum absolute atomic E-state index is 11.4. The van der Waals surface area contributed by atoms with Crippen molar-refractivity contribution in [2.75, 3.05) is 7.11 Å². The van der Waals surface area contributed by atoms with E-state index in [-0.39, 0.29) is 5.97 Å². The first-order chi connectivity index (χ1) is 8.78. The van der Waals surface area contributed by atoms with Gasteiger partial charge in [-0.1, -0.05) is 0 Å². The highest BCUT2D eigenvalue weighted by molar-refractivity contribution is 5.90. The quantitative estimate of drug-likeness (QED) is 0.827. The molecular formula is C13H15N3O2. The summed E-state index contributed by atoms with van der Waals surface area (Å²) < 4.78 is 6.68. The molecule has 3 rings (SSSR count). The van der Waals surface area contributed by atoms with Crippen molar-refractivity contribution in [3.8, 4) is 0 Å². The zero-order valence-electron chi connectivity index (χ0n) is 10.2. The summed E-state index contributed by atoms with van der Waals surface area (Å²) in [6.45, 7) is 0.809. The molecule has 2 heterocycles. The van der Waals surface area contributed by atoms with Gasteiger partial charge in [-0.25, -0.2) is 9.78 Å². The largest absolute Gasteiger partial charge is 0.465 e. The molecule has 5 nitrogen and oxygen atoms in total. The van der Waals surface area contributed by atoms with E-state index in [0.717, 1.165) is 17.9 Å². The number of fused-ring (bicyclic) bond motifs is 1. The van der Waals surface area contributed by atoms with Gasteiger partial charge in [-0.15, -0.1) is 0 Å². The van der Waals surface area contributed by atoms with Crippen LogP contribution in [0.4, 0.5) is 0 Å². The molecule has 1 fully saturated rings. The topological polar surface area (TPSA) is 55.6 Å². The summed E-state index contributed by atoms with van der Waals surface area (Å²) in [7, 11) is 1.38. The van der Waals surface area contributed by atoms with Gasteiger partial charge in [-0.3, -0.25) is 0 Å². The maximum Gasteiger partial charge on any atom is 0.338 e. The van der Waals surface area contributed by atoms with Gasteiger partial charge in [0.05, 0.1) is 24.6 Å². The van der Waals surface area contributed by atoms with Crippen molar-refractivity contribution in [3.63, 3.8) is 0 Å². The van der Waals surface area contributed by atoms with E-state index in [4.69, 9.17) is 4.74 Å². The molecule has 1 aliphatic carbocycles. The summed E-state index contributed by atoms with van der Waals surface area (Å²) in [6, 6.07) is 4.16. The molecule has 0 unspecified atom stereocenters. The fraction of sp³-hybridized carbons (Fsp3) is 0.385. The van der Waals surface area contributed by atoms with E-state index in [1.807, 2.05) is 16.8 Å². The van der Waals surface area contributed by atoms with E-state index in [1.54, 1.807) is 12.1 Å². The first-order valence-corrected chi connectivity index (χ1v) is 6.05. The molecule has 1 saturated carbocycles. The van der Waals surface area contributed by atoms with Crippen LogP contribution < -0.4 is 5.32 Å². The lowest BCUT2D eigenvalue weighted by Crippen LogP contribution is -2.16. The number of esters is 1. The van der Waals surface area contributed by atoms with Crippen molar-refractivity contribution in [2.45, 2.75) is 25.4 Å². The van der Waals surface area contributed by atoms with Gasteiger partial charge in [0.1, 0.15) is 5.65 Å². The van der Waals surface area contributed by atoms with Crippen molar-refractivity contribution in [2.24, 2.45) is 0 Å². The third-order valence-electron chi connectivity index (χ3n) is 3.16. The summed E-state index contributed by atoms with van der Waals surface area (Å²) in [4.78, 5) is 15.7. The number of aromatic nitrogens is 2. The zero-order valence-corrected chi connectivity index (χ0v) is 10.2. The lowest BCUT2D eigenvalue weighted by Gasteiger charge is -2.04. The lowest BCUT2D eigenvalue weighted by molar-refractivity contribution is 0.0600. The molecule has 0 amide bonds. The molecule has 94 valence electrons. The predicted molar refractivity (Wildman–Crippen MR) is 66.4 cm³/mol. The van der Waals surface area contributed by atoms with Crippen molar-refractivity contribution in [1.29, 1.82) is 0 Å². The Morgan fingerprint density at radius 3 is 3.17 bits per heavy atom. The molecule has 1 N–H and O–H groups in total. The number of imidazole rings is 1. The number of carbonyl (C=O) groups excluding carboxylic acids is 1. The van der Waals surface area contributed by atoms with E-state index in [0.29, 0.717) is 11.6 Å². The van der Waals surface area contributed by atoms with E-state index < -0.39 is 0 Å². The predicted octanol–water partition coefficient (Wildman–Crippen LogP) is 1.37. The SMILES string of the molecule is COC(=O)c1ccn2c(CNC3CC3)cnc2c1. The van der Waals surface area contributed by atoms with Gasteiger partial charge in [-0.2, -0.15) is 0 Å². The molecule has 0 atom stereocenters. The van der Waals surface area contributed by atoms with Crippen LogP contribution in [-0.4, -0.2) is 28.5 Å². The average Bonchev–Trinajstić information content (AvgIpc) is 3.15. The summed E-state index contributed by atoms with van der Waals surface area (Å²) in [5, 5.41) is 3.45. The van der Waals surface area contributed by atoms with Crippen LogP contribution in [0.2, 0.25) is 0 Å². The highest BCUT2D eigenvalue weighted by atomic mass is 16.5. The number of pyridine rings is 1. The number of ether oxygens (including phenoxy) is 1. The monoisotopic (exact) mass is 245 g/mol. The Kier molecular flexibility index (Phi) is 2.76. The van der Waals surface area contributed by atoms with Gasteiger partial charge in [0.2, 0.25) is 0 Å². The molecule has 0 radical (unpaired) electrons. The molecular weight excluding hydrogens is 230 g/mol. The van der Waals surface area contributed by atoms with E-state index >= 15 is 0 Å². The molecule has 0 saturated heterocycles. The van der Waals surface area contributed by atoms with Crippen LogP contribution in [0.1, 0.15) is 28.9 Å². The van der Waals surface area contributed by atoms with Gasteiger partial charge in [-0.05, 0) is 25.0 Å². The van der Waals surface area contributed by atoms with E-state index in [9.17, 15) is 4.79 Å². The Balaban J connectivity index is 1.86. The number of hydrogen-bond donors (Lipinski definition) is 1. The summed E-state index contributed by atoms with van der Waals surface area (Å²) in [6.07, 6.45) is 6.23. The van der Waals surface area contributed by atoms with Crippen molar-refractivity contribution in [1.82, 2.24) is 14.7 Å². The standard InChI is InChI=1S/C13H15N3O2/c1-18-13(17)9-4-5-16-11(7-14-10-2-3-10)8-15-12(16)6-9/h4-6,8,10,14H,2-3,7H2,1H3. The van der Waals surface area contributed by atoms with Gasteiger partial charge in [0.25, 0.3) is 0 Å². The smallest absolute Gasteiger partial charge is 0.338 e. The highest BCUT2D eigenvalue weighted by Crippen LogP contribution is 2.19. The molecule has 18 heavy (non-hydrogen) atoms. The second-order valence-corrected chi connectivity index (χ2v) is 4.54. The van der Waals surface area contributed by atoms with Gasteiger partial charge >= 0.3 is 5.97 Å². The molecule has 0 aliphatic heterocycles. The Labute approximate surface area is 105 Å². The molecule has 2 aromatic rings. The first-order valence-electron chi connectivity index (χ1n) is 6.05. The van der Waals surface area contributed by atoms with Crippen LogP contribution in [0.25, 0.3) is 5.65 Å². The second kappa shape index (κ2) is 4.42. The van der Waals surface area contributed by atoms with Crippen LogP contribution in [0, 0.1) is 0 Å². The number of methoxy groups -OCH3 is 1. The molecule has 2 aromatic heterocycles. The van der Waals surface area contributed by atoms with Gasteiger partial charge < -0.3 is 14.5 Å². The molecule has 0 aromatic carbocycles. The number of rotatable bonds is 4. The normalized spacial score (nSPS) is 14.9. The second-order valence-electron chi connectivity index (χ2n) is 4.54. The minimum absolute atomic E-state index is 0.335. The van der Waals surface area contributed by atoms with Crippen molar-refractivity contribution >= 4 is 11.6 Å². The molecule has 1 aliphatic rings. The fourth-order valence-corrected chi connectivity index (χ4v) is 1.95. The van der Waals surface area contributed by atoms with Crippen LogP contribution in [-0.2, 0) is 11.3 Å². The van der Waals surface area contributed by atoms with Gasteiger partial charge in [0.15, 0.2) is 0 Å². The third-order valence-corrected chi connectivity index (χ3v) is 3.16. The Hall–Kier alpha value is -1.88.